The Hall–Kier alpha value is -1.78. The van der Waals surface area contributed by atoms with E-state index in [1.54, 1.807) is 12.1 Å². The van der Waals surface area contributed by atoms with Crippen molar-refractivity contribution < 1.29 is 14.0 Å². The summed E-state index contributed by atoms with van der Waals surface area (Å²) in [5, 5.41) is 5.65. The minimum Gasteiger partial charge on any atom is -0.459 e. The lowest BCUT2D eigenvalue weighted by Gasteiger charge is -2.15. The molecule has 1 unspecified atom stereocenters. The van der Waals surface area contributed by atoms with E-state index in [4.69, 9.17) is 4.42 Å². The lowest BCUT2D eigenvalue weighted by Crippen LogP contribution is -2.42. The molecule has 1 aliphatic heterocycles. The van der Waals surface area contributed by atoms with Crippen molar-refractivity contribution in [3.63, 3.8) is 0 Å². The summed E-state index contributed by atoms with van der Waals surface area (Å²) in [7, 11) is 0. The summed E-state index contributed by atoms with van der Waals surface area (Å²) in [5.74, 6) is 0.123. The molecule has 2 amide bonds. The van der Waals surface area contributed by atoms with Gasteiger partial charge in [0.2, 0.25) is 5.91 Å². The quantitative estimate of drug-likeness (QED) is 0.824. The summed E-state index contributed by atoms with van der Waals surface area (Å²) in [5.41, 5.74) is 0. The van der Waals surface area contributed by atoms with Crippen molar-refractivity contribution in [3.8, 4) is 0 Å². The van der Waals surface area contributed by atoms with Crippen LogP contribution in [0.4, 0.5) is 0 Å². The normalized spacial score (nSPS) is 20.5. The Bertz CT molecular complexity index is 386. The maximum absolute atomic E-state index is 11.6. The maximum atomic E-state index is 11.6. The smallest absolute Gasteiger partial charge is 0.287 e. The first kappa shape index (κ1) is 11.7. The lowest BCUT2D eigenvalue weighted by molar-refractivity contribution is -0.121. The van der Waals surface area contributed by atoms with Crippen LogP contribution in [0, 0.1) is 0 Å². The van der Waals surface area contributed by atoms with Gasteiger partial charge in [0.1, 0.15) is 0 Å². The van der Waals surface area contributed by atoms with Crippen LogP contribution in [0.1, 0.15) is 36.2 Å². The van der Waals surface area contributed by atoms with Crippen molar-refractivity contribution in [1.82, 2.24) is 10.6 Å². The third-order valence-electron chi connectivity index (χ3n) is 2.83. The molecular weight excluding hydrogens is 220 g/mol. The molecule has 1 aromatic rings. The monoisotopic (exact) mass is 236 g/mol. The first-order valence-electron chi connectivity index (χ1n) is 5.87. The van der Waals surface area contributed by atoms with Gasteiger partial charge >= 0.3 is 0 Å². The van der Waals surface area contributed by atoms with Crippen LogP contribution >= 0.6 is 0 Å². The van der Waals surface area contributed by atoms with Crippen LogP contribution in [0.15, 0.2) is 22.8 Å². The standard InChI is InChI=1S/C12H16N2O3/c15-11-6-2-1-4-9(14-11)8-13-12(16)10-5-3-7-17-10/h3,5,7,9H,1-2,4,6,8H2,(H,13,16)(H,14,15). The van der Waals surface area contributed by atoms with E-state index in [-0.39, 0.29) is 17.9 Å². The van der Waals surface area contributed by atoms with Gasteiger partial charge in [-0.2, -0.15) is 0 Å². The van der Waals surface area contributed by atoms with Crippen molar-refractivity contribution in [2.45, 2.75) is 31.7 Å². The van der Waals surface area contributed by atoms with E-state index in [0.717, 1.165) is 19.3 Å². The third kappa shape index (κ3) is 3.34. The predicted octanol–water partition coefficient (Wildman–Crippen LogP) is 1.07. The molecule has 1 fully saturated rings. The largest absolute Gasteiger partial charge is 0.459 e. The molecule has 0 aromatic carbocycles. The lowest BCUT2D eigenvalue weighted by atomic mass is 10.1. The van der Waals surface area contributed by atoms with Crippen LogP contribution in [0.5, 0.6) is 0 Å². The van der Waals surface area contributed by atoms with Crippen LogP contribution in [-0.4, -0.2) is 24.4 Å². The van der Waals surface area contributed by atoms with E-state index in [1.165, 1.54) is 6.26 Å². The Morgan fingerprint density at radius 1 is 1.53 bits per heavy atom. The molecule has 1 aromatic heterocycles. The fraction of sp³-hybridized carbons (Fsp3) is 0.500. The molecule has 1 saturated heterocycles. The van der Waals surface area contributed by atoms with Crippen LogP contribution in [-0.2, 0) is 4.79 Å². The van der Waals surface area contributed by atoms with E-state index < -0.39 is 0 Å². The zero-order chi connectivity index (χ0) is 12.1. The average molecular weight is 236 g/mol. The van der Waals surface area contributed by atoms with Crippen molar-refractivity contribution in [2.24, 2.45) is 0 Å². The number of nitrogens with one attached hydrogen (secondary N) is 2. The highest BCUT2D eigenvalue weighted by Crippen LogP contribution is 2.09. The van der Waals surface area contributed by atoms with E-state index in [1.807, 2.05) is 0 Å². The topological polar surface area (TPSA) is 71.3 Å². The fourth-order valence-electron chi connectivity index (χ4n) is 1.91. The summed E-state index contributed by atoms with van der Waals surface area (Å²) < 4.78 is 4.98. The molecule has 17 heavy (non-hydrogen) atoms. The molecule has 5 nitrogen and oxygen atoms in total. The molecule has 0 aliphatic carbocycles. The number of rotatable bonds is 3. The molecule has 2 N–H and O–H groups in total. The molecule has 5 heteroatoms. The summed E-state index contributed by atoms with van der Waals surface area (Å²) >= 11 is 0. The average Bonchev–Trinajstić information content (AvgIpc) is 2.77. The summed E-state index contributed by atoms with van der Waals surface area (Å²) in [6.07, 6.45) is 4.89. The molecule has 0 radical (unpaired) electrons. The predicted molar refractivity (Wildman–Crippen MR) is 61.4 cm³/mol. The van der Waals surface area contributed by atoms with E-state index in [2.05, 4.69) is 10.6 Å². The molecular formula is C12H16N2O3. The van der Waals surface area contributed by atoms with Gasteiger partial charge in [0, 0.05) is 19.0 Å². The Labute approximate surface area is 99.6 Å². The molecule has 1 aliphatic rings. The van der Waals surface area contributed by atoms with Gasteiger partial charge in [-0.25, -0.2) is 0 Å². The van der Waals surface area contributed by atoms with Gasteiger partial charge in [-0.15, -0.1) is 0 Å². The molecule has 2 heterocycles. The van der Waals surface area contributed by atoms with E-state index in [0.29, 0.717) is 18.7 Å². The van der Waals surface area contributed by atoms with Gasteiger partial charge in [-0.3, -0.25) is 9.59 Å². The van der Waals surface area contributed by atoms with Gasteiger partial charge < -0.3 is 15.1 Å². The summed E-state index contributed by atoms with van der Waals surface area (Å²) in [6.45, 7) is 0.450. The molecule has 2 rings (SSSR count). The van der Waals surface area contributed by atoms with Crippen LogP contribution < -0.4 is 10.6 Å². The maximum Gasteiger partial charge on any atom is 0.287 e. The second kappa shape index (κ2) is 5.52. The van der Waals surface area contributed by atoms with Gasteiger partial charge in [0.05, 0.1) is 6.26 Å². The van der Waals surface area contributed by atoms with Gasteiger partial charge in [0.25, 0.3) is 5.91 Å². The van der Waals surface area contributed by atoms with Crippen molar-refractivity contribution in [2.75, 3.05) is 6.54 Å². The van der Waals surface area contributed by atoms with Crippen LogP contribution in [0.3, 0.4) is 0 Å². The van der Waals surface area contributed by atoms with E-state index >= 15 is 0 Å². The number of carbonyl (C=O) groups is 2. The number of carbonyl (C=O) groups excluding carboxylic acids is 2. The van der Waals surface area contributed by atoms with Gasteiger partial charge in [-0.1, -0.05) is 6.42 Å². The zero-order valence-corrected chi connectivity index (χ0v) is 9.57. The second-order valence-corrected chi connectivity index (χ2v) is 4.20. The molecule has 0 bridgehead atoms. The van der Waals surface area contributed by atoms with Crippen molar-refractivity contribution in [1.29, 1.82) is 0 Å². The summed E-state index contributed by atoms with van der Waals surface area (Å²) in [6, 6.07) is 3.31. The number of amides is 2. The van der Waals surface area contributed by atoms with Crippen molar-refractivity contribution in [3.05, 3.63) is 24.2 Å². The number of hydrogen-bond donors (Lipinski definition) is 2. The highest BCUT2D eigenvalue weighted by Gasteiger charge is 2.17. The first-order valence-corrected chi connectivity index (χ1v) is 5.87. The minimum absolute atomic E-state index is 0.0314. The Kier molecular flexibility index (Phi) is 3.80. The fourth-order valence-corrected chi connectivity index (χ4v) is 1.91. The molecule has 92 valence electrons. The molecule has 0 spiro atoms. The SMILES string of the molecule is O=C1CCCCC(CNC(=O)c2ccco2)N1. The zero-order valence-electron chi connectivity index (χ0n) is 9.57. The Balaban J connectivity index is 1.81. The van der Waals surface area contributed by atoms with Gasteiger partial charge in [0.15, 0.2) is 5.76 Å². The van der Waals surface area contributed by atoms with Gasteiger partial charge in [-0.05, 0) is 25.0 Å². The Morgan fingerprint density at radius 3 is 3.18 bits per heavy atom. The number of furan rings is 1. The van der Waals surface area contributed by atoms with E-state index in [9.17, 15) is 9.59 Å². The van der Waals surface area contributed by atoms with Crippen LogP contribution in [0.25, 0.3) is 0 Å². The molecule has 1 atom stereocenters. The Morgan fingerprint density at radius 2 is 2.41 bits per heavy atom. The third-order valence-corrected chi connectivity index (χ3v) is 2.83. The number of hydrogen-bond acceptors (Lipinski definition) is 3. The van der Waals surface area contributed by atoms with Crippen LogP contribution in [0.2, 0.25) is 0 Å². The molecule has 0 saturated carbocycles. The highest BCUT2D eigenvalue weighted by molar-refractivity contribution is 5.91. The minimum atomic E-state index is -0.242. The summed E-state index contributed by atoms with van der Waals surface area (Å²) in [4.78, 5) is 22.9. The second-order valence-electron chi connectivity index (χ2n) is 4.20. The van der Waals surface area contributed by atoms with Crippen molar-refractivity contribution >= 4 is 11.8 Å². The first-order chi connectivity index (χ1) is 8.25. The highest BCUT2D eigenvalue weighted by atomic mass is 16.3.